The maximum Gasteiger partial charge on any atom is 0.573 e. The first-order valence-electron chi connectivity index (χ1n) is 8.40. The molecule has 28 heavy (non-hydrogen) atoms. The summed E-state index contributed by atoms with van der Waals surface area (Å²) in [5.74, 6) is -1.05. The molecule has 9 heteroatoms. The van der Waals surface area contributed by atoms with Crippen molar-refractivity contribution in [1.29, 1.82) is 0 Å². The number of ether oxygens (including phenoxy) is 2. The molecule has 1 amide bonds. The molecule has 0 spiro atoms. The van der Waals surface area contributed by atoms with E-state index >= 15 is 0 Å². The molecule has 2 aromatic carbocycles. The van der Waals surface area contributed by atoms with E-state index < -0.39 is 18.2 Å². The lowest BCUT2D eigenvalue weighted by atomic mass is 10.2. The summed E-state index contributed by atoms with van der Waals surface area (Å²) in [6.07, 6.45) is -4.77. The number of halogens is 4. The van der Waals surface area contributed by atoms with Gasteiger partial charge in [0.1, 0.15) is 12.4 Å². The second-order valence-electron chi connectivity index (χ2n) is 6.00. The number of carbonyl (C=O) groups excluding carboxylic acids is 1. The number of benzene rings is 2. The third kappa shape index (κ3) is 6.73. The van der Waals surface area contributed by atoms with E-state index in [1.807, 2.05) is 0 Å². The summed E-state index contributed by atoms with van der Waals surface area (Å²) in [6.45, 7) is 2.21. The predicted octanol–water partition coefficient (Wildman–Crippen LogP) is 4.06. The third-order valence-corrected chi connectivity index (χ3v) is 3.93. The molecule has 0 aliphatic carbocycles. The van der Waals surface area contributed by atoms with E-state index in [1.165, 1.54) is 24.3 Å². The Kier molecular flexibility index (Phi) is 7.22. The first kappa shape index (κ1) is 21.5. The number of carbonyl (C=O) groups is 1. The van der Waals surface area contributed by atoms with Gasteiger partial charge in [0.2, 0.25) is 5.91 Å². The van der Waals surface area contributed by atoms with Gasteiger partial charge in [-0.05, 0) is 50.4 Å². The number of hydrogen-bond donors (Lipinski definition) is 1. The fourth-order valence-corrected chi connectivity index (χ4v) is 2.24. The van der Waals surface area contributed by atoms with Crippen molar-refractivity contribution >= 4 is 11.6 Å². The minimum atomic E-state index is -4.77. The normalized spacial score (nSPS) is 12.5. The Morgan fingerprint density at radius 1 is 1.14 bits per heavy atom. The number of alkyl halides is 3. The van der Waals surface area contributed by atoms with E-state index in [4.69, 9.17) is 4.74 Å². The Morgan fingerprint density at radius 2 is 1.79 bits per heavy atom. The maximum atomic E-state index is 13.5. The third-order valence-electron chi connectivity index (χ3n) is 3.93. The van der Waals surface area contributed by atoms with Crippen molar-refractivity contribution in [1.82, 2.24) is 4.90 Å². The zero-order chi connectivity index (χ0) is 20.7. The van der Waals surface area contributed by atoms with E-state index in [0.29, 0.717) is 12.2 Å². The van der Waals surface area contributed by atoms with Crippen LogP contribution < -0.4 is 14.8 Å². The van der Waals surface area contributed by atoms with Crippen LogP contribution in [0.3, 0.4) is 0 Å². The van der Waals surface area contributed by atoms with Gasteiger partial charge < -0.3 is 14.8 Å². The quantitative estimate of drug-likeness (QED) is 0.679. The van der Waals surface area contributed by atoms with Crippen LogP contribution in [-0.2, 0) is 4.79 Å². The highest BCUT2D eigenvalue weighted by Crippen LogP contribution is 2.24. The average Bonchev–Trinajstić information content (AvgIpc) is 2.63. The Bertz CT molecular complexity index is 781. The van der Waals surface area contributed by atoms with Crippen LogP contribution in [0.2, 0.25) is 0 Å². The highest BCUT2D eigenvalue weighted by atomic mass is 19.4. The smallest absolute Gasteiger partial charge is 0.489 e. The second kappa shape index (κ2) is 9.41. The van der Waals surface area contributed by atoms with Gasteiger partial charge in [-0.1, -0.05) is 12.1 Å². The number of nitrogens with one attached hydrogen (secondary N) is 1. The predicted molar refractivity (Wildman–Crippen MR) is 95.7 cm³/mol. The fraction of sp³-hybridized carbons (Fsp3) is 0.316. The summed E-state index contributed by atoms with van der Waals surface area (Å²) in [4.78, 5) is 14.0. The van der Waals surface area contributed by atoms with Gasteiger partial charge in [-0.15, -0.1) is 13.2 Å². The van der Waals surface area contributed by atoms with Crippen molar-refractivity contribution in [3.8, 4) is 11.5 Å². The Hall–Kier alpha value is -2.81. The number of nitrogens with zero attached hydrogens (tertiary/aromatic N) is 1. The van der Waals surface area contributed by atoms with E-state index in [-0.39, 0.29) is 24.0 Å². The van der Waals surface area contributed by atoms with Crippen LogP contribution in [0.4, 0.5) is 23.2 Å². The maximum absolute atomic E-state index is 13.5. The van der Waals surface area contributed by atoms with Gasteiger partial charge in [-0.2, -0.15) is 0 Å². The summed E-state index contributed by atoms with van der Waals surface area (Å²) < 4.78 is 59.1. The highest BCUT2D eigenvalue weighted by molar-refractivity contribution is 5.94. The summed E-state index contributed by atoms with van der Waals surface area (Å²) in [6, 6.07) is 10.3. The SMILES string of the molecule is CC(C(=O)Nc1ccc(OC(F)(F)F)cc1)N(C)CCOc1ccccc1F. The average molecular weight is 400 g/mol. The van der Waals surface area contributed by atoms with Crippen LogP contribution in [0.1, 0.15) is 6.92 Å². The molecule has 0 heterocycles. The van der Waals surface area contributed by atoms with E-state index in [2.05, 4.69) is 10.1 Å². The lowest BCUT2D eigenvalue weighted by Crippen LogP contribution is -2.41. The largest absolute Gasteiger partial charge is 0.573 e. The highest BCUT2D eigenvalue weighted by Gasteiger charge is 2.31. The summed E-state index contributed by atoms with van der Waals surface area (Å²) in [5, 5.41) is 2.61. The Balaban J connectivity index is 1.81. The van der Waals surface area contributed by atoms with Gasteiger partial charge in [0.05, 0.1) is 6.04 Å². The number of hydrogen-bond acceptors (Lipinski definition) is 4. The number of amides is 1. The topological polar surface area (TPSA) is 50.8 Å². The van der Waals surface area contributed by atoms with Crippen molar-refractivity contribution < 1.29 is 31.8 Å². The Labute approximate surface area is 159 Å². The zero-order valence-electron chi connectivity index (χ0n) is 15.3. The van der Waals surface area contributed by atoms with Gasteiger partial charge in [-0.3, -0.25) is 9.69 Å². The monoisotopic (exact) mass is 400 g/mol. The van der Waals surface area contributed by atoms with Crippen LogP contribution in [0, 0.1) is 5.82 Å². The van der Waals surface area contributed by atoms with Crippen LogP contribution in [0.15, 0.2) is 48.5 Å². The van der Waals surface area contributed by atoms with E-state index in [0.717, 1.165) is 12.1 Å². The van der Waals surface area contributed by atoms with Crippen molar-refractivity contribution in [2.24, 2.45) is 0 Å². The minimum absolute atomic E-state index is 0.133. The van der Waals surface area contributed by atoms with E-state index in [9.17, 15) is 22.4 Å². The lowest BCUT2D eigenvalue weighted by molar-refractivity contribution is -0.274. The van der Waals surface area contributed by atoms with Gasteiger partial charge >= 0.3 is 6.36 Å². The molecule has 2 aromatic rings. The minimum Gasteiger partial charge on any atom is -0.489 e. The molecule has 0 fully saturated rings. The Morgan fingerprint density at radius 3 is 2.39 bits per heavy atom. The molecule has 1 unspecified atom stereocenters. The van der Waals surface area contributed by atoms with Crippen LogP contribution >= 0.6 is 0 Å². The number of rotatable bonds is 8. The number of para-hydroxylation sites is 1. The van der Waals surface area contributed by atoms with Crippen LogP contribution in [0.25, 0.3) is 0 Å². The number of anilines is 1. The summed E-state index contributed by atoms with van der Waals surface area (Å²) >= 11 is 0. The first-order valence-corrected chi connectivity index (χ1v) is 8.40. The zero-order valence-corrected chi connectivity index (χ0v) is 15.3. The van der Waals surface area contributed by atoms with Crippen LogP contribution in [-0.4, -0.2) is 43.4 Å². The molecule has 0 aromatic heterocycles. The number of likely N-dealkylation sites (N-methyl/N-ethyl adjacent to an activating group) is 1. The van der Waals surface area contributed by atoms with Gasteiger partial charge in [0.15, 0.2) is 11.6 Å². The van der Waals surface area contributed by atoms with Crippen LogP contribution in [0.5, 0.6) is 11.5 Å². The van der Waals surface area contributed by atoms with Crippen molar-refractivity contribution in [2.45, 2.75) is 19.3 Å². The fourth-order valence-electron chi connectivity index (χ4n) is 2.24. The molecular weight excluding hydrogens is 380 g/mol. The molecule has 1 atom stereocenters. The molecule has 152 valence electrons. The molecule has 0 bridgehead atoms. The molecular formula is C19H20F4N2O3. The van der Waals surface area contributed by atoms with Crippen molar-refractivity contribution in [2.75, 3.05) is 25.5 Å². The van der Waals surface area contributed by atoms with E-state index in [1.54, 1.807) is 31.0 Å². The van der Waals surface area contributed by atoms with Gasteiger partial charge in [0.25, 0.3) is 0 Å². The molecule has 1 N–H and O–H groups in total. The molecule has 0 aliphatic heterocycles. The second-order valence-corrected chi connectivity index (χ2v) is 6.00. The summed E-state index contributed by atoms with van der Waals surface area (Å²) in [7, 11) is 1.70. The summed E-state index contributed by atoms with van der Waals surface area (Å²) in [5.41, 5.74) is 0.336. The van der Waals surface area contributed by atoms with Crippen molar-refractivity contribution in [3.05, 3.63) is 54.3 Å². The molecule has 2 rings (SSSR count). The standard InChI is InChI=1S/C19H20F4N2O3/c1-13(25(2)11-12-27-17-6-4-3-5-16(17)20)18(26)24-14-7-9-15(10-8-14)28-19(21,22)23/h3-10,13H,11-12H2,1-2H3,(H,24,26). The van der Waals surface area contributed by atoms with Crippen molar-refractivity contribution in [3.63, 3.8) is 0 Å². The molecule has 0 saturated carbocycles. The van der Waals surface area contributed by atoms with Gasteiger partial charge in [0, 0.05) is 12.2 Å². The lowest BCUT2D eigenvalue weighted by Gasteiger charge is -2.24. The van der Waals surface area contributed by atoms with Gasteiger partial charge in [-0.25, -0.2) is 4.39 Å². The molecule has 5 nitrogen and oxygen atoms in total. The first-order chi connectivity index (χ1) is 13.2. The molecule has 0 radical (unpaired) electrons. The molecule has 0 aliphatic rings. The molecule has 0 saturated heterocycles.